The number of likely N-dealkylation sites (N-methyl/N-ethyl adjacent to an activating group) is 1. The van der Waals surface area contributed by atoms with E-state index in [-0.39, 0.29) is 61.3 Å². The van der Waals surface area contributed by atoms with E-state index in [2.05, 4.69) is 0 Å². The molecule has 8 nitrogen and oxygen atoms in total. The summed E-state index contributed by atoms with van der Waals surface area (Å²) in [7, 11) is 2.85. The van der Waals surface area contributed by atoms with Crippen molar-refractivity contribution in [1.29, 1.82) is 0 Å². The number of likely N-dealkylation sites (tertiary alicyclic amines) is 1. The van der Waals surface area contributed by atoms with Gasteiger partial charge in [-0.2, -0.15) is 13.2 Å². The second-order valence-corrected chi connectivity index (χ2v) is 8.07. The first-order valence-corrected chi connectivity index (χ1v) is 11.1. The van der Waals surface area contributed by atoms with Gasteiger partial charge in [-0.3, -0.25) is 14.4 Å². The Labute approximate surface area is 196 Å². The number of ether oxygens (including phenoxy) is 3. The molecule has 1 unspecified atom stereocenters. The Bertz CT molecular complexity index is 862. The van der Waals surface area contributed by atoms with E-state index >= 15 is 0 Å². The molecule has 1 atom stereocenters. The van der Waals surface area contributed by atoms with Gasteiger partial charge in [0.15, 0.2) is 18.1 Å². The van der Waals surface area contributed by atoms with Crippen molar-refractivity contribution in [3.63, 3.8) is 0 Å². The van der Waals surface area contributed by atoms with Crippen molar-refractivity contribution in [2.24, 2.45) is 5.92 Å². The third-order valence-corrected chi connectivity index (χ3v) is 5.44. The number of hydrogen-bond donors (Lipinski definition) is 0. The fraction of sp³-hybridized carbons (Fsp3) is 0.609. The molecule has 0 N–H and O–H groups in total. The van der Waals surface area contributed by atoms with E-state index in [9.17, 15) is 27.6 Å². The molecule has 1 aromatic carbocycles. The average Bonchev–Trinajstić information content (AvgIpc) is 2.80. The van der Waals surface area contributed by atoms with Gasteiger partial charge in [0.2, 0.25) is 11.8 Å². The Morgan fingerprint density at radius 3 is 2.59 bits per heavy atom. The van der Waals surface area contributed by atoms with Crippen LogP contribution in [-0.2, 0) is 25.5 Å². The molecule has 1 aliphatic heterocycles. The number of alkyl halides is 3. The van der Waals surface area contributed by atoms with Crippen molar-refractivity contribution < 1.29 is 41.8 Å². The highest BCUT2D eigenvalue weighted by atomic mass is 19.4. The van der Waals surface area contributed by atoms with Crippen LogP contribution in [-0.4, -0.2) is 80.8 Å². The average molecular weight is 489 g/mol. The SMILES string of the molecule is CCOC(=O)C1CCCN(C(=O)CN(C)C(=O)CCc2ccc(OCC(F)(F)F)c(OC)c2)C1. The Morgan fingerprint density at radius 2 is 1.94 bits per heavy atom. The highest BCUT2D eigenvalue weighted by molar-refractivity contribution is 5.85. The Balaban J connectivity index is 1.86. The zero-order valence-electron chi connectivity index (χ0n) is 19.7. The molecule has 1 fully saturated rings. The second kappa shape index (κ2) is 12.5. The third kappa shape index (κ3) is 8.42. The van der Waals surface area contributed by atoms with Crippen LogP contribution < -0.4 is 9.47 Å². The number of rotatable bonds is 10. The zero-order chi connectivity index (χ0) is 25.3. The largest absolute Gasteiger partial charge is 0.493 e. The lowest BCUT2D eigenvalue weighted by Gasteiger charge is -2.32. The number of halogens is 3. The second-order valence-electron chi connectivity index (χ2n) is 8.07. The Kier molecular flexibility index (Phi) is 10.0. The number of methoxy groups -OCH3 is 1. The molecule has 0 spiro atoms. The molecule has 0 radical (unpaired) electrons. The summed E-state index contributed by atoms with van der Waals surface area (Å²) in [6.45, 7) is 1.28. The van der Waals surface area contributed by atoms with Crippen LogP contribution in [0.2, 0.25) is 0 Å². The zero-order valence-corrected chi connectivity index (χ0v) is 19.7. The lowest BCUT2D eigenvalue weighted by Crippen LogP contribution is -2.47. The van der Waals surface area contributed by atoms with Gasteiger partial charge in [0, 0.05) is 26.6 Å². The minimum Gasteiger partial charge on any atom is -0.493 e. The van der Waals surface area contributed by atoms with Gasteiger partial charge in [-0.15, -0.1) is 0 Å². The first kappa shape index (κ1) is 27.3. The third-order valence-electron chi connectivity index (χ3n) is 5.44. The molecular weight excluding hydrogens is 457 g/mol. The summed E-state index contributed by atoms with van der Waals surface area (Å²) in [5, 5.41) is 0. The molecule has 0 aromatic heterocycles. The number of nitrogens with zero attached hydrogens (tertiary/aromatic N) is 2. The molecule has 0 bridgehead atoms. The van der Waals surface area contributed by atoms with Gasteiger partial charge in [-0.05, 0) is 43.9 Å². The number of benzene rings is 1. The maximum atomic E-state index is 12.6. The minimum absolute atomic E-state index is 0.0414. The van der Waals surface area contributed by atoms with E-state index in [1.54, 1.807) is 17.9 Å². The molecule has 0 aliphatic carbocycles. The van der Waals surface area contributed by atoms with Crippen molar-refractivity contribution in [3.8, 4) is 11.5 Å². The fourth-order valence-electron chi connectivity index (χ4n) is 3.64. The quantitative estimate of drug-likeness (QED) is 0.471. The molecule has 2 rings (SSSR count). The maximum absolute atomic E-state index is 12.6. The topological polar surface area (TPSA) is 85.4 Å². The molecule has 0 saturated carbocycles. The predicted molar refractivity (Wildman–Crippen MR) is 116 cm³/mol. The van der Waals surface area contributed by atoms with Crippen LogP contribution in [0.25, 0.3) is 0 Å². The van der Waals surface area contributed by atoms with Crippen molar-refractivity contribution in [1.82, 2.24) is 9.80 Å². The monoisotopic (exact) mass is 488 g/mol. The summed E-state index contributed by atoms with van der Waals surface area (Å²) in [6, 6.07) is 4.46. The molecule has 2 amide bonds. The minimum atomic E-state index is -4.47. The van der Waals surface area contributed by atoms with Gasteiger partial charge >= 0.3 is 12.1 Å². The molecule has 34 heavy (non-hydrogen) atoms. The van der Waals surface area contributed by atoms with Crippen LogP contribution in [0.5, 0.6) is 11.5 Å². The van der Waals surface area contributed by atoms with Crippen LogP contribution in [0.15, 0.2) is 18.2 Å². The van der Waals surface area contributed by atoms with E-state index in [4.69, 9.17) is 14.2 Å². The molecule has 11 heteroatoms. The van der Waals surface area contributed by atoms with Gasteiger partial charge in [0.05, 0.1) is 26.2 Å². The van der Waals surface area contributed by atoms with Crippen LogP contribution in [0.4, 0.5) is 13.2 Å². The molecule has 1 aromatic rings. The summed E-state index contributed by atoms with van der Waals surface area (Å²) in [5.41, 5.74) is 0.678. The Hall–Kier alpha value is -2.98. The molecular formula is C23H31F3N2O6. The summed E-state index contributed by atoms with van der Waals surface area (Å²) < 4.78 is 52.0. The lowest BCUT2D eigenvalue weighted by atomic mass is 9.98. The number of piperidine rings is 1. The summed E-state index contributed by atoms with van der Waals surface area (Å²) in [6.07, 6.45) is -2.70. The Morgan fingerprint density at radius 1 is 1.21 bits per heavy atom. The van der Waals surface area contributed by atoms with E-state index < -0.39 is 12.8 Å². The molecule has 1 aliphatic rings. The lowest BCUT2D eigenvalue weighted by molar-refractivity contribution is -0.154. The van der Waals surface area contributed by atoms with Crippen molar-refractivity contribution in [3.05, 3.63) is 23.8 Å². The molecule has 1 heterocycles. The van der Waals surface area contributed by atoms with Gasteiger partial charge < -0.3 is 24.0 Å². The summed E-state index contributed by atoms with van der Waals surface area (Å²) in [4.78, 5) is 40.0. The first-order chi connectivity index (χ1) is 16.0. The van der Waals surface area contributed by atoms with Crippen molar-refractivity contribution in [2.75, 3.05) is 47.0 Å². The number of esters is 1. The number of carbonyl (C=O) groups is 3. The number of aryl methyl sites for hydroxylation is 1. The summed E-state index contributed by atoms with van der Waals surface area (Å²) >= 11 is 0. The van der Waals surface area contributed by atoms with Crippen LogP contribution >= 0.6 is 0 Å². The van der Waals surface area contributed by atoms with Crippen LogP contribution in [0.1, 0.15) is 31.7 Å². The van der Waals surface area contributed by atoms with Crippen molar-refractivity contribution >= 4 is 17.8 Å². The van der Waals surface area contributed by atoms with E-state index in [1.165, 1.54) is 31.2 Å². The predicted octanol–water partition coefficient (Wildman–Crippen LogP) is 2.83. The van der Waals surface area contributed by atoms with Gasteiger partial charge in [0.25, 0.3) is 0 Å². The smallest absolute Gasteiger partial charge is 0.422 e. The molecule has 190 valence electrons. The highest BCUT2D eigenvalue weighted by Crippen LogP contribution is 2.30. The normalized spacial score (nSPS) is 16.1. The van der Waals surface area contributed by atoms with Crippen LogP contribution in [0, 0.1) is 5.92 Å². The van der Waals surface area contributed by atoms with Gasteiger partial charge in [-0.25, -0.2) is 0 Å². The van der Waals surface area contributed by atoms with E-state index in [0.717, 1.165) is 0 Å². The van der Waals surface area contributed by atoms with Crippen molar-refractivity contribution in [2.45, 2.75) is 38.8 Å². The standard InChI is InChI=1S/C23H31F3N2O6/c1-4-33-22(31)17-6-5-11-28(13-17)21(30)14-27(2)20(29)10-8-16-7-9-18(19(12-16)32-3)34-15-23(24,25)26/h7,9,12,17H,4-6,8,10-11,13-15H2,1-3H3. The van der Waals surface area contributed by atoms with Gasteiger partial charge in [0.1, 0.15) is 0 Å². The number of hydrogen-bond acceptors (Lipinski definition) is 6. The first-order valence-electron chi connectivity index (χ1n) is 11.1. The maximum Gasteiger partial charge on any atom is 0.422 e. The van der Waals surface area contributed by atoms with E-state index in [1.807, 2.05) is 0 Å². The highest BCUT2D eigenvalue weighted by Gasteiger charge is 2.30. The number of carbonyl (C=O) groups excluding carboxylic acids is 3. The summed E-state index contributed by atoms with van der Waals surface area (Å²) in [5.74, 6) is -1.06. The number of amides is 2. The van der Waals surface area contributed by atoms with E-state index in [0.29, 0.717) is 31.4 Å². The van der Waals surface area contributed by atoms with Crippen LogP contribution in [0.3, 0.4) is 0 Å². The molecule has 1 saturated heterocycles. The fourth-order valence-corrected chi connectivity index (χ4v) is 3.64. The van der Waals surface area contributed by atoms with Gasteiger partial charge in [-0.1, -0.05) is 6.07 Å².